The van der Waals surface area contributed by atoms with Gasteiger partial charge < -0.3 is 10.1 Å². The molecule has 1 N–H and O–H groups in total. The number of hydrogen-bond acceptors (Lipinski definition) is 2. The molecule has 1 aromatic carbocycles. The number of benzene rings is 1. The van der Waals surface area contributed by atoms with Gasteiger partial charge in [-0.3, -0.25) is 0 Å². The van der Waals surface area contributed by atoms with Gasteiger partial charge in [0.15, 0.2) is 0 Å². The molecule has 0 spiro atoms. The highest BCUT2D eigenvalue weighted by molar-refractivity contribution is 5.32. The highest BCUT2D eigenvalue weighted by Gasteiger charge is 2.19. The summed E-state index contributed by atoms with van der Waals surface area (Å²) in [5.41, 5.74) is 1.10. The van der Waals surface area contributed by atoms with E-state index in [0.717, 1.165) is 38.1 Å². The van der Waals surface area contributed by atoms with Crippen LogP contribution in [0.1, 0.15) is 43.6 Å². The van der Waals surface area contributed by atoms with Crippen LogP contribution in [0.2, 0.25) is 0 Å². The Kier molecular flexibility index (Phi) is 4.02. The molecule has 1 aromatic rings. The van der Waals surface area contributed by atoms with Crippen LogP contribution in [0.4, 0.5) is 4.39 Å². The lowest BCUT2D eigenvalue weighted by molar-refractivity contribution is 0.180. The molecule has 1 saturated carbocycles. The Morgan fingerprint density at radius 2 is 1.89 bits per heavy atom. The third-order valence-corrected chi connectivity index (χ3v) is 4.41. The molecule has 1 saturated heterocycles. The van der Waals surface area contributed by atoms with E-state index in [1.54, 1.807) is 6.07 Å². The number of nitrogens with one attached hydrogen (secondary N) is 1. The lowest BCUT2D eigenvalue weighted by Gasteiger charge is -2.26. The van der Waals surface area contributed by atoms with Crippen molar-refractivity contribution in [1.29, 1.82) is 0 Å². The van der Waals surface area contributed by atoms with Crippen LogP contribution < -0.4 is 10.1 Å². The normalized spacial score (nSPS) is 21.1. The molecule has 104 valence electrons. The third kappa shape index (κ3) is 3.27. The van der Waals surface area contributed by atoms with E-state index < -0.39 is 0 Å². The smallest absolute Gasteiger partial charge is 0.127 e. The Morgan fingerprint density at radius 1 is 1.11 bits per heavy atom. The van der Waals surface area contributed by atoms with E-state index in [1.807, 2.05) is 6.07 Å². The summed E-state index contributed by atoms with van der Waals surface area (Å²) in [4.78, 5) is 0. The van der Waals surface area contributed by atoms with Crippen molar-refractivity contribution in [2.24, 2.45) is 5.92 Å². The van der Waals surface area contributed by atoms with E-state index in [4.69, 9.17) is 4.74 Å². The summed E-state index contributed by atoms with van der Waals surface area (Å²) in [6, 6.07) is 5.23. The summed E-state index contributed by atoms with van der Waals surface area (Å²) in [5, 5.41) is 3.34. The predicted octanol–water partition coefficient (Wildman–Crippen LogP) is 3.47. The van der Waals surface area contributed by atoms with Crippen molar-refractivity contribution in [2.45, 2.75) is 38.0 Å². The Morgan fingerprint density at radius 3 is 2.58 bits per heavy atom. The second-order valence-electron chi connectivity index (χ2n) is 5.85. The average molecular weight is 263 g/mol. The largest absolute Gasteiger partial charge is 0.493 e. The van der Waals surface area contributed by atoms with Crippen LogP contribution in [0, 0.1) is 11.7 Å². The van der Waals surface area contributed by atoms with Crippen molar-refractivity contribution in [1.82, 2.24) is 5.32 Å². The summed E-state index contributed by atoms with van der Waals surface area (Å²) < 4.78 is 19.5. The summed E-state index contributed by atoms with van der Waals surface area (Å²) >= 11 is 0. The first-order chi connectivity index (χ1) is 9.31. The molecule has 19 heavy (non-hydrogen) atoms. The maximum absolute atomic E-state index is 13.7. The van der Waals surface area contributed by atoms with Crippen LogP contribution in [0.25, 0.3) is 0 Å². The summed E-state index contributed by atoms with van der Waals surface area (Å²) in [6.07, 6.45) is 6.02. The zero-order valence-electron chi connectivity index (χ0n) is 11.3. The zero-order chi connectivity index (χ0) is 13.1. The maximum Gasteiger partial charge on any atom is 0.127 e. The van der Waals surface area contributed by atoms with Crippen LogP contribution in [0.3, 0.4) is 0 Å². The molecule has 1 aliphatic carbocycles. The minimum absolute atomic E-state index is 0.167. The van der Waals surface area contributed by atoms with Crippen molar-refractivity contribution in [3.05, 3.63) is 29.6 Å². The highest BCUT2D eigenvalue weighted by Crippen LogP contribution is 2.31. The molecule has 0 aromatic heterocycles. The molecule has 0 radical (unpaired) electrons. The molecular formula is C16H22FNO. The van der Waals surface area contributed by atoms with Gasteiger partial charge in [0.25, 0.3) is 0 Å². The number of hydrogen-bond donors (Lipinski definition) is 1. The van der Waals surface area contributed by atoms with Crippen LogP contribution in [0.15, 0.2) is 18.2 Å². The topological polar surface area (TPSA) is 21.3 Å². The lowest BCUT2D eigenvalue weighted by Crippen LogP contribution is -2.26. The van der Waals surface area contributed by atoms with Gasteiger partial charge in [0, 0.05) is 6.07 Å². The first-order valence-electron chi connectivity index (χ1n) is 7.45. The molecular weight excluding hydrogens is 241 g/mol. The van der Waals surface area contributed by atoms with Gasteiger partial charge in [0.2, 0.25) is 0 Å². The highest BCUT2D eigenvalue weighted by atomic mass is 19.1. The minimum Gasteiger partial charge on any atom is -0.493 e. The lowest BCUT2D eigenvalue weighted by atomic mass is 9.86. The van der Waals surface area contributed by atoms with E-state index in [-0.39, 0.29) is 5.82 Å². The van der Waals surface area contributed by atoms with Gasteiger partial charge in [-0.25, -0.2) is 4.39 Å². The van der Waals surface area contributed by atoms with Crippen molar-refractivity contribution >= 4 is 0 Å². The monoisotopic (exact) mass is 263 g/mol. The van der Waals surface area contributed by atoms with Gasteiger partial charge in [-0.05, 0) is 68.3 Å². The second kappa shape index (κ2) is 5.91. The molecule has 3 rings (SSSR count). The molecule has 3 heteroatoms. The van der Waals surface area contributed by atoms with Crippen molar-refractivity contribution in [2.75, 3.05) is 19.7 Å². The van der Waals surface area contributed by atoms with Gasteiger partial charge in [-0.2, -0.15) is 0 Å². The molecule has 0 unspecified atom stereocenters. The second-order valence-corrected chi connectivity index (χ2v) is 5.85. The number of piperidine rings is 1. The predicted molar refractivity (Wildman–Crippen MR) is 74.1 cm³/mol. The Labute approximate surface area is 114 Å². The zero-order valence-corrected chi connectivity index (χ0v) is 11.3. The van der Waals surface area contributed by atoms with E-state index in [1.165, 1.54) is 25.3 Å². The van der Waals surface area contributed by atoms with Crippen LogP contribution in [-0.2, 0) is 0 Å². The van der Waals surface area contributed by atoms with Crippen LogP contribution in [0.5, 0.6) is 5.75 Å². The fraction of sp³-hybridized carbons (Fsp3) is 0.625. The standard InChI is InChI=1S/C16H22FNO/c17-15-8-14(13-4-6-18-7-5-13)9-16(10-15)19-11-12-2-1-3-12/h8-10,12-13,18H,1-7,11H2. The van der Waals surface area contributed by atoms with Crippen LogP contribution >= 0.6 is 0 Å². The van der Waals surface area contributed by atoms with E-state index in [0.29, 0.717) is 17.6 Å². The Hall–Kier alpha value is -1.09. The van der Waals surface area contributed by atoms with Crippen molar-refractivity contribution in [3.8, 4) is 5.75 Å². The van der Waals surface area contributed by atoms with E-state index in [2.05, 4.69) is 5.32 Å². The third-order valence-electron chi connectivity index (χ3n) is 4.41. The van der Waals surface area contributed by atoms with Gasteiger partial charge >= 0.3 is 0 Å². The van der Waals surface area contributed by atoms with Crippen molar-refractivity contribution < 1.29 is 9.13 Å². The maximum atomic E-state index is 13.7. The van der Waals surface area contributed by atoms with Crippen LogP contribution in [-0.4, -0.2) is 19.7 Å². The molecule has 2 aliphatic rings. The summed E-state index contributed by atoms with van der Waals surface area (Å²) in [5.74, 6) is 1.70. The van der Waals surface area contributed by atoms with Gasteiger partial charge in [0.05, 0.1) is 6.61 Å². The number of ether oxygens (including phenoxy) is 1. The summed E-state index contributed by atoms with van der Waals surface area (Å²) in [7, 11) is 0. The van der Waals surface area contributed by atoms with E-state index >= 15 is 0 Å². The Balaban J connectivity index is 1.67. The van der Waals surface area contributed by atoms with E-state index in [9.17, 15) is 4.39 Å². The molecule has 0 atom stereocenters. The first kappa shape index (κ1) is 12.9. The Bertz CT molecular complexity index is 425. The van der Waals surface area contributed by atoms with Crippen molar-refractivity contribution in [3.63, 3.8) is 0 Å². The fourth-order valence-corrected chi connectivity index (χ4v) is 2.93. The van der Waals surface area contributed by atoms with Gasteiger partial charge in [0.1, 0.15) is 11.6 Å². The fourth-order valence-electron chi connectivity index (χ4n) is 2.93. The SMILES string of the molecule is Fc1cc(OCC2CCC2)cc(C2CCNCC2)c1. The number of halogens is 1. The molecule has 2 nitrogen and oxygen atoms in total. The average Bonchev–Trinajstić information content (AvgIpc) is 2.37. The molecule has 0 amide bonds. The quantitative estimate of drug-likeness (QED) is 0.898. The molecule has 1 heterocycles. The minimum atomic E-state index is -0.167. The molecule has 0 bridgehead atoms. The van der Waals surface area contributed by atoms with Gasteiger partial charge in [-0.1, -0.05) is 6.42 Å². The summed E-state index contributed by atoms with van der Waals surface area (Å²) in [6.45, 7) is 2.80. The first-order valence-corrected chi connectivity index (χ1v) is 7.45. The molecule has 1 aliphatic heterocycles. The molecule has 2 fully saturated rings. The number of rotatable bonds is 4. The van der Waals surface area contributed by atoms with Gasteiger partial charge in [-0.15, -0.1) is 0 Å².